The predicted octanol–water partition coefficient (Wildman–Crippen LogP) is 3.68. The number of nitriles is 1. The van der Waals surface area contributed by atoms with Crippen molar-refractivity contribution in [3.63, 3.8) is 0 Å². The maximum absolute atomic E-state index is 12.7. The maximum Gasteiger partial charge on any atom is 0.198 e. The molecular formula is C12H11Br2NO2S. The van der Waals surface area contributed by atoms with Crippen LogP contribution in [-0.4, -0.2) is 13.2 Å². The van der Waals surface area contributed by atoms with E-state index in [1.54, 1.807) is 18.2 Å². The quantitative estimate of drug-likeness (QED) is 0.771. The molecule has 0 saturated heterocycles. The molecule has 0 heterocycles. The number of halogens is 2. The summed E-state index contributed by atoms with van der Waals surface area (Å²) in [4.78, 5) is 0.185. The van der Waals surface area contributed by atoms with Gasteiger partial charge in [0, 0.05) is 8.95 Å². The molecule has 2 unspecified atom stereocenters. The highest BCUT2D eigenvalue weighted by Gasteiger charge is 2.56. The minimum absolute atomic E-state index is 0.126. The van der Waals surface area contributed by atoms with Crippen molar-refractivity contribution >= 4 is 41.7 Å². The third-order valence-electron chi connectivity index (χ3n) is 3.60. The van der Waals surface area contributed by atoms with Gasteiger partial charge in [-0.15, -0.1) is 0 Å². The lowest BCUT2D eigenvalue weighted by atomic mass is 9.75. The second-order valence-electron chi connectivity index (χ2n) is 4.52. The van der Waals surface area contributed by atoms with E-state index >= 15 is 0 Å². The Bertz CT molecular complexity index is 636. The molecule has 1 aromatic rings. The molecule has 0 amide bonds. The second kappa shape index (κ2) is 4.62. The van der Waals surface area contributed by atoms with E-state index in [1.165, 1.54) is 0 Å². The van der Waals surface area contributed by atoms with E-state index in [2.05, 4.69) is 31.9 Å². The topological polar surface area (TPSA) is 57.9 Å². The van der Waals surface area contributed by atoms with E-state index in [1.807, 2.05) is 13.0 Å². The number of nitrogens with zero attached hydrogens (tertiary/aromatic N) is 1. The van der Waals surface area contributed by atoms with E-state index in [9.17, 15) is 13.7 Å². The zero-order chi connectivity index (χ0) is 13.6. The lowest BCUT2D eigenvalue weighted by Gasteiger charge is -2.41. The smallest absolute Gasteiger partial charge is 0.198 e. The van der Waals surface area contributed by atoms with Crippen molar-refractivity contribution in [3.05, 3.63) is 27.1 Å². The van der Waals surface area contributed by atoms with E-state index in [0.717, 1.165) is 6.42 Å². The lowest BCUT2D eigenvalue weighted by molar-refractivity contribution is 0.279. The fourth-order valence-electron chi connectivity index (χ4n) is 2.20. The van der Waals surface area contributed by atoms with Crippen LogP contribution in [0.25, 0.3) is 0 Å². The summed E-state index contributed by atoms with van der Waals surface area (Å²) in [5.74, 6) is -0.126. The van der Waals surface area contributed by atoms with Gasteiger partial charge in [0.15, 0.2) is 14.6 Å². The summed E-state index contributed by atoms with van der Waals surface area (Å²) < 4.78 is 25.3. The Hall–Kier alpha value is -0.380. The molecule has 1 aliphatic rings. The Morgan fingerprint density at radius 1 is 1.44 bits per heavy atom. The van der Waals surface area contributed by atoms with Crippen LogP contribution in [0.2, 0.25) is 0 Å². The van der Waals surface area contributed by atoms with E-state index in [0.29, 0.717) is 15.4 Å². The molecule has 0 spiro atoms. The van der Waals surface area contributed by atoms with E-state index < -0.39 is 14.6 Å². The summed E-state index contributed by atoms with van der Waals surface area (Å²) >= 11 is 6.52. The fourth-order valence-corrected chi connectivity index (χ4v) is 5.75. The Kier molecular flexibility index (Phi) is 3.60. The van der Waals surface area contributed by atoms with Gasteiger partial charge in [-0.2, -0.15) is 5.26 Å². The predicted molar refractivity (Wildman–Crippen MR) is 75.8 cm³/mol. The molecule has 1 saturated carbocycles. The van der Waals surface area contributed by atoms with Crippen molar-refractivity contribution < 1.29 is 8.42 Å². The molecule has 0 aromatic heterocycles. The SMILES string of the molecule is CC1CCC1(C#N)S(=O)(=O)c1cc(Br)ccc1Br. The molecule has 0 N–H and O–H groups in total. The number of rotatable bonds is 2. The van der Waals surface area contributed by atoms with Gasteiger partial charge in [0.2, 0.25) is 0 Å². The largest absolute Gasteiger partial charge is 0.222 e. The molecule has 3 nitrogen and oxygen atoms in total. The first-order valence-corrected chi connectivity index (χ1v) is 8.53. The summed E-state index contributed by atoms with van der Waals surface area (Å²) in [7, 11) is -3.65. The monoisotopic (exact) mass is 391 g/mol. The average Bonchev–Trinajstić information content (AvgIpc) is 2.31. The van der Waals surface area contributed by atoms with Crippen molar-refractivity contribution in [2.24, 2.45) is 5.92 Å². The number of benzene rings is 1. The molecule has 0 aliphatic heterocycles. The lowest BCUT2D eigenvalue weighted by Crippen LogP contribution is -2.51. The molecule has 1 fully saturated rings. The Labute approximate surface area is 123 Å². The van der Waals surface area contributed by atoms with Crippen molar-refractivity contribution in [1.29, 1.82) is 5.26 Å². The Balaban J connectivity index is 2.63. The summed E-state index contributed by atoms with van der Waals surface area (Å²) in [5, 5.41) is 9.31. The highest BCUT2D eigenvalue weighted by Crippen LogP contribution is 2.48. The zero-order valence-corrected chi connectivity index (χ0v) is 13.6. The van der Waals surface area contributed by atoms with Gasteiger partial charge in [-0.1, -0.05) is 22.9 Å². The summed E-state index contributed by atoms with van der Waals surface area (Å²) in [6.07, 6.45) is 1.18. The van der Waals surface area contributed by atoms with Gasteiger partial charge in [-0.05, 0) is 52.9 Å². The molecule has 6 heteroatoms. The summed E-state index contributed by atoms with van der Waals surface area (Å²) in [6, 6.07) is 7.00. The molecular weight excluding hydrogens is 382 g/mol. The van der Waals surface area contributed by atoms with Gasteiger partial charge in [0.05, 0.1) is 11.0 Å². The number of sulfone groups is 1. The third kappa shape index (κ3) is 1.84. The fraction of sp³-hybridized carbons (Fsp3) is 0.417. The molecule has 96 valence electrons. The Morgan fingerprint density at radius 2 is 2.11 bits per heavy atom. The molecule has 2 atom stereocenters. The second-order valence-corrected chi connectivity index (χ2v) is 8.46. The number of hydrogen-bond acceptors (Lipinski definition) is 3. The van der Waals surface area contributed by atoms with Crippen molar-refractivity contribution in [3.8, 4) is 6.07 Å². The van der Waals surface area contributed by atoms with Crippen LogP contribution in [-0.2, 0) is 9.84 Å². The molecule has 2 rings (SSSR count). The van der Waals surface area contributed by atoms with Crippen molar-refractivity contribution in [2.45, 2.75) is 29.4 Å². The maximum atomic E-state index is 12.7. The van der Waals surface area contributed by atoms with Crippen LogP contribution in [0.15, 0.2) is 32.0 Å². The van der Waals surface area contributed by atoms with Gasteiger partial charge >= 0.3 is 0 Å². The van der Waals surface area contributed by atoms with Crippen LogP contribution in [0.5, 0.6) is 0 Å². The van der Waals surface area contributed by atoms with Crippen LogP contribution >= 0.6 is 31.9 Å². The van der Waals surface area contributed by atoms with Gasteiger partial charge in [0.25, 0.3) is 0 Å². The first kappa shape index (κ1) is 14.0. The van der Waals surface area contributed by atoms with Crippen molar-refractivity contribution in [2.75, 3.05) is 0 Å². The first-order valence-electron chi connectivity index (χ1n) is 5.46. The molecule has 1 aromatic carbocycles. The van der Waals surface area contributed by atoms with E-state index in [-0.39, 0.29) is 10.8 Å². The third-order valence-corrected chi connectivity index (χ3v) is 7.62. The van der Waals surface area contributed by atoms with E-state index in [4.69, 9.17) is 0 Å². The minimum atomic E-state index is -3.65. The molecule has 0 bridgehead atoms. The molecule has 0 radical (unpaired) electrons. The Morgan fingerprint density at radius 3 is 2.56 bits per heavy atom. The van der Waals surface area contributed by atoms with Gasteiger partial charge in [-0.3, -0.25) is 0 Å². The van der Waals surface area contributed by atoms with Crippen LogP contribution in [0.3, 0.4) is 0 Å². The van der Waals surface area contributed by atoms with Gasteiger partial charge in [0.1, 0.15) is 0 Å². The first-order chi connectivity index (χ1) is 8.35. The van der Waals surface area contributed by atoms with Gasteiger partial charge < -0.3 is 0 Å². The molecule has 18 heavy (non-hydrogen) atoms. The highest BCUT2D eigenvalue weighted by molar-refractivity contribution is 9.11. The van der Waals surface area contributed by atoms with Crippen molar-refractivity contribution in [1.82, 2.24) is 0 Å². The summed E-state index contributed by atoms with van der Waals surface area (Å²) in [6.45, 7) is 1.82. The van der Waals surface area contributed by atoms with Crippen LogP contribution in [0, 0.1) is 17.2 Å². The normalized spacial score (nSPS) is 27.3. The number of hydrogen-bond donors (Lipinski definition) is 0. The molecule has 1 aliphatic carbocycles. The average molecular weight is 393 g/mol. The van der Waals surface area contributed by atoms with Crippen LogP contribution < -0.4 is 0 Å². The zero-order valence-electron chi connectivity index (χ0n) is 9.65. The minimum Gasteiger partial charge on any atom is -0.222 e. The van der Waals surface area contributed by atoms with Gasteiger partial charge in [-0.25, -0.2) is 8.42 Å². The highest BCUT2D eigenvalue weighted by atomic mass is 79.9. The van der Waals surface area contributed by atoms with Crippen LogP contribution in [0.1, 0.15) is 19.8 Å². The van der Waals surface area contributed by atoms with Crippen LogP contribution in [0.4, 0.5) is 0 Å². The summed E-state index contributed by atoms with van der Waals surface area (Å²) in [5.41, 5.74) is 0. The standard InChI is InChI=1S/C12H11Br2NO2S/c1-8-4-5-12(8,7-15)18(16,17)11-6-9(13)2-3-10(11)14/h2-3,6,8H,4-5H2,1H3.